The molecule has 4 atom stereocenters. The van der Waals surface area contributed by atoms with Gasteiger partial charge in [-0.3, -0.25) is 29.0 Å². The Morgan fingerprint density at radius 3 is 1.84 bits per heavy atom. The summed E-state index contributed by atoms with van der Waals surface area (Å²) in [6.45, 7) is 0.126. The predicted octanol–water partition coefficient (Wildman–Crippen LogP) is -4.20. The van der Waals surface area contributed by atoms with Crippen LogP contribution in [0.4, 0.5) is 0 Å². The number of carbonyl (C=O) groups excluding carboxylic acids is 5. The summed E-state index contributed by atoms with van der Waals surface area (Å²) >= 11 is 1.40. The lowest BCUT2D eigenvalue weighted by Crippen LogP contribution is -2.57. The van der Waals surface area contributed by atoms with Crippen LogP contribution in [0.3, 0.4) is 0 Å². The topological polar surface area (TPSA) is 301 Å². The molecule has 0 fully saturated rings. The Balaban J connectivity index is 5.63. The number of amides is 5. The van der Waals surface area contributed by atoms with E-state index in [4.69, 9.17) is 28.7 Å². The van der Waals surface area contributed by atoms with Crippen molar-refractivity contribution in [1.29, 1.82) is 0 Å². The van der Waals surface area contributed by atoms with Crippen molar-refractivity contribution in [3.05, 3.63) is 0 Å². The zero-order valence-electron chi connectivity index (χ0n) is 20.6. The molecular formula is C20H37N9O7S. The van der Waals surface area contributed by atoms with Crippen LogP contribution in [0.25, 0.3) is 0 Å². The van der Waals surface area contributed by atoms with Gasteiger partial charge in [-0.2, -0.15) is 11.8 Å². The van der Waals surface area contributed by atoms with Gasteiger partial charge < -0.3 is 49.7 Å². The standard InChI is InChI=1S/C20H37N9O7S/c1-37-8-6-12(27-16(32)10(21)9-15(23)31)18(34)28-11(3-2-7-26-20(24)25)17(33)29-13(19(35)36)4-5-14(22)30/h10-13H,2-9,21H2,1H3,(H2,22,30)(H2,23,31)(H,27,32)(H,28,34)(H,29,33)(H,35,36)(H4,24,25,26). The Bertz CT molecular complexity index is 852. The van der Waals surface area contributed by atoms with Gasteiger partial charge in [0.05, 0.1) is 12.5 Å². The summed E-state index contributed by atoms with van der Waals surface area (Å²) in [4.78, 5) is 75.7. The Morgan fingerprint density at radius 2 is 1.35 bits per heavy atom. The number of aliphatic carboxylic acids is 1. The largest absolute Gasteiger partial charge is 0.480 e. The molecule has 0 spiro atoms. The summed E-state index contributed by atoms with van der Waals surface area (Å²) in [6.07, 6.45) is 1.23. The van der Waals surface area contributed by atoms with Crippen LogP contribution < -0.4 is 44.6 Å². The number of hydrogen-bond acceptors (Lipinski definition) is 9. The van der Waals surface area contributed by atoms with Crippen molar-refractivity contribution < 1.29 is 33.9 Å². The molecule has 0 aliphatic rings. The van der Waals surface area contributed by atoms with E-state index in [1.54, 1.807) is 6.26 Å². The maximum Gasteiger partial charge on any atom is 0.326 e. The number of carboxylic acids is 1. The highest BCUT2D eigenvalue weighted by Crippen LogP contribution is 2.06. The van der Waals surface area contributed by atoms with Gasteiger partial charge in [-0.05, 0) is 37.7 Å². The second kappa shape index (κ2) is 17.8. The van der Waals surface area contributed by atoms with Crippen molar-refractivity contribution in [2.45, 2.75) is 62.7 Å². The first-order valence-corrected chi connectivity index (χ1v) is 12.7. The van der Waals surface area contributed by atoms with Gasteiger partial charge in [-0.1, -0.05) is 0 Å². The molecule has 0 radical (unpaired) electrons. The Hall–Kier alpha value is -3.60. The van der Waals surface area contributed by atoms with E-state index >= 15 is 0 Å². The summed E-state index contributed by atoms with van der Waals surface area (Å²) in [7, 11) is 0. The van der Waals surface area contributed by atoms with E-state index in [1.807, 2.05) is 0 Å². The van der Waals surface area contributed by atoms with E-state index in [2.05, 4.69) is 20.9 Å². The molecule has 0 aromatic heterocycles. The van der Waals surface area contributed by atoms with E-state index in [1.165, 1.54) is 11.8 Å². The van der Waals surface area contributed by atoms with Gasteiger partial charge in [0, 0.05) is 13.0 Å². The minimum Gasteiger partial charge on any atom is -0.480 e. The fourth-order valence-corrected chi connectivity index (χ4v) is 3.43. The molecule has 0 saturated carbocycles. The first kappa shape index (κ1) is 33.4. The zero-order chi connectivity index (χ0) is 28.5. The number of carboxylic acid groups (broad SMARTS) is 1. The lowest BCUT2D eigenvalue weighted by Gasteiger charge is -2.25. The number of nitrogens with one attached hydrogen (secondary N) is 3. The highest BCUT2D eigenvalue weighted by molar-refractivity contribution is 7.98. The van der Waals surface area contributed by atoms with Gasteiger partial charge in [-0.25, -0.2) is 4.79 Å². The number of primary amides is 2. The van der Waals surface area contributed by atoms with Crippen molar-refractivity contribution in [3.8, 4) is 0 Å². The highest BCUT2D eigenvalue weighted by Gasteiger charge is 2.30. The number of nitrogens with zero attached hydrogens (tertiary/aromatic N) is 1. The first-order chi connectivity index (χ1) is 17.3. The minimum atomic E-state index is -1.43. The lowest BCUT2D eigenvalue weighted by molar-refractivity contribution is -0.142. The van der Waals surface area contributed by atoms with E-state index in [0.717, 1.165) is 0 Å². The SMILES string of the molecule is CSCCC(NC(=O)C(N)CC(N)=O)C(=O)NC(CCCN=C(N)N)C(=O)NC(CCC(N)=O)C(=O)O. The summed E-state index contributed by atoms with van der Waals surface area (Å²) in [5.74, 6) is -5.01. The smallest absolute Gasteiger partial charge is 0.326 e. The van der Waals surface area contributed by atoms with Gasteiger partial charge in [-0.15, -0.1) is 0 Å². The summed E-state index contributed by atoms with van der Waals surface area (Å²) in [5.41, 5.74) is 26.3. The molecular weight excluding hydrogens is 510 g/mol. The third-order valence-electron chi connectivity index (χ3n) is 4.87. The molecule has 0 aromatic carbocycles. The number of carbonyl (C=O) groups is 6. The molecule has 0 aromatic rings. The first-order valence-electron chi connectivity index (χ1n) is 11.3. The number of nitrogens with two attached hydrogens (primary N) is 5. The van der Waals surface area contributed by atoms with E-state index in [-0.39, 0.29) is 44.6 Å². The Morgan fingerprint density at radius 1 is 0.811 bits per heavy atom. The molecule has 0 aliphatic heterocycles. The normalized spacial score (nSPS) is 13.8. The quantitative estimate of drug-likeness (QED) is 0.0424. The van der Waals surface area contributed by atoms with Crippen molar-refractivity contribution >= 4 is 53.2 Å². The van der Waals surface area contributed by atoms with Crippen molar-refractivity contribution in [3.63, 3.8) is 0 Å². The number of aliphatic imine (C=N–C) groups is 1. The maximum atomic E-state index is 13.0. The second-order valence-corrected chi connectivity index (χ2v) is 9.02. The molecule has 210 valence electrons. The molecule has 0 rings (SSSR count). The van der Waals surface area contributed by atoms with Gasteiger partial charge in [0.1, 0.15) is 18.1 Å². The van der Waals surface area contributed by atoms with Crippen molar-refractivity contribution in [2.24, 2.45) is 33.7 Å². The number of hydrogen-bond donors (Lipinski definition) is 9. The molecule has 14 N–H and O–H groups in total. The molecule has 5 amide bonds. The molecule has 0 aliphatic carbocycles. The molecule has 0 saturated heterocycles. The number of guanidine groups is 1. The van der Waals surface area contributed by atoms with Crippen LogP contribution in [0, 0.1) is 0 Å². The van der Waals surface area contributed by atoms with Gasteiger partial charge >= 0.3 is 5.97 Å². The Labute approximate surface area is 218 Å². The monoisotopic (exact) mass is 547 g/mol. The fourth-order valence-electron chi connectivity index (χ4n) is 2.95. The van der Waals surface area contributed by atoms with Crippen molar-refractivity contribution in [1.82, 2.24) is 16.0 Å². The van der Waals surface area contributed by atoms with Crippen LogP contribution in [0.1, 0.15) is 38.5 Å². The second-order valence-electron chi connectivity index (χ2n) is 8.03. The van der Waals surface area contributed by atoms with Crippen LogP contribution in [0.15, 0.2) is 4.99 Å². The zero-order valence-corrected chi connectivity index (χ0v) is 21.4. The van der Waals surface area contributed by atoms with Crippen LogP contribution in [-0.4, -0.2) is 89.3 Å². The third-order valence-corrected chi connectivity index (χ3v) is 5.52. The van der Waals surface area contributed by atoms with Gasteiger partial charge in [0.15, 0.2) is 5.96 Å². The fraction of sp³-hybridized carbons (Fsp3) is 0.650. The van der Waals surface area contributed by atoms with Crippen LogP contribution in [-0.2, 0) is 28.8 Å². The van der Waals surface area contributed by atoms with E-state index < -0.39 is 66.1 Å². The number of thioether (sulfide) groups is 1. The summed E-state index contributed by atoms with van der Waals surface area (Å²) in [5, 5.41) is 16.6. The molecule has 37 heavy (non-hydrogen) atoms. The van der Waals surface area contributed by atoms with E-state index in [9.17, 15) is 33.9 Å². The van der Waals surface area contributed by atoms with Gasteiger partial charge in [0.25, 0.3) is 0 Å². The Kier molecular flexibility index (Phi) is 16.0. The van der Waals surface area contributed by atoms with Crippen LogP contribution in [0.5, 0.6) is 0 Å². The number of rotatable bonds is 19. The molecule has 0 bridgehead atoms. The third kappa shape index (κ3) is 15.2. The van der Waals surface area contributed by atoms with E-state index in [0.29, 0.717) is 5.75 Å². The van der Waals surface area contributed by atoms with Gasteiger partial charge in [0.2, 0.25) is 29.5 Å². The molecule has 0 heterocycles. The average Bonchev–Trinajstić information content (AvgIpc) is 2.79. The lowest BCUT2D eigenvalue weighted by atomic mass is 10.1. The summed E-state index contributed by atoms with van der Waals surface area (Å²) < 4.78 is 0. The molecule has 4 unspecified atom stereocenters. The predicted molar refractivity (Wildman–Crippen MR) is 137 cm³/mol. The molecule has 17 heteroatoms. The molecule has 16 nitrogen and oxygen atoms in total. The minimum absolute atomic E-state index is 0.0148. The average molecular weight is 548 g/mol. The summed E-state index contributed by atoms with van der Waals surface area (Å²) in [6, 6.07) is -5.06. The van der Waals surface area contributed by atoms with Crippen molar-refractivity contribution in [2.75, 3.05) is 18.6 Å². The highest BCUT2D eigenvalue weighted by atomic mass is 32.2. The maximum absolute atomic E-state index is 13.0. The van der Waals surface area contributed by atoms with Crippen LogP contribution >= 0.6 is 11.8 Å². The van der Waals surface area contributed by atoms with Crippen LogP contribution in [0.2, 0.25) is 0 Å².